The molecule has 0 unspecified atom stereocenters. The van der Waals surface area contributed by atoms with Crippen LogP contribution >= 0.6 is 11.8 Å². The summed E-state index contributed by atoms with van der Waals surface area (Å²) >= 11 is 1.49. The number of ether oxygens (including phenoxy) is 2. The average molecular weight is 473 g/mol. The molecule has 0 heterocycles. The molecule has 1 aromatic rings. The van der Waals surface area contributed by atoms with Gasteiger partial charge in [0.05, 0.1) is 12.0 Å². The van der Waals surface area contributed by atoms with Crippen LogP contribution in [0.5, 0.6) is 5.75 Å². The number of sulfonamides is 1. The predicted octanol–water partition coefficient (Wildman–Crippen LogP) is 2.43. The van der Waals surface area contributed by atoms with Crippen molar-refractivity contribution in [2.24, 2.45) is 0 Å². The van der Waals surface area contributed by atoms with Crippen LogP contribution in [0.4, 0.5) is 0 Å². The second-order valence-electron chi connectivity index (χ2n) is 7.54. The van der Waals surface area contributed by atoms with Crippen molar-refractivity contribution < 1.29 is 27.5 Å². The Hall–Kier alpha value is -1.78. The van der Waals surface area contributed by atoms with Crippen LogP contribution in [0, 0.1) is 0 Å². The zero-order chi connectivity index (χ0) is 22.9. The van der Waals surface area contributed by atoms with Crippen molar-refractivity contribution in [2.45, 2.75) is 55.5 Å². The minimum Gasteiger partial charge on any atom is -0.497 e. The number of nitrogens with zero attached hydrogens (tertiary/aromatic N) is 1. The van der Waals surface area contributed by atoms with Gasteiger partial charge in [0.1, 0.15) is 11.8 Å². The van der Waals surface area contributed by atoms with Crippen molar-refractivity contribution in [1.29, 1.82) is 0 Å². The molecule has 0 aromatic heterocycles. The van der Waals surface area contributed by atoms with Crippen LogP contribution in [0.2, 0.25) is 0 Å². The van der Waals surface area contributed by atoms with Gasteiger partial charge >= 0.3 is 5.97 Å². The fourth-order valence-electron chi connectivity index (χ4n) is 3.48. The van der Waals surface area contributed by atoms with E-state index in [1.807, 2.05) is 6.26 Å². The highest BCUT2D eigenvalue weighted by Gasteiger charge is 2.28. The summed E-state index contributed by atoms with van der Waals surface area (Å²) in [4.78, 5) is 26.7. The fraction of sp³-hybridized carbons (Fsp3) is 0.619. The quantitative estimate of drug-likeness (QED) is 0.494. The number of likely N-dealkylation sites (N-methyl/N-ethyl adjacent to an activating group) is 1. The van der Waals surface area contributed by atoms with E-state index < -0.39 is 28.6 Å². The van der Waals surface area contributed by atoms with Gasteiger partial charge in [-0.15, -0.1) is 0 Å². The highest BCUT2D eigenvalue weighted by Crippen LogP contribution is 2.22. The first-order valence-electron chi connectivity index (χ1n) is 10.4. The van der Waals surface area contributed by atoms with Gasteiger partial charge in [0, 0.05) is 13.1 Å². The Morgan fingerprint density at radius 2 is 1.84 bits per heavy atom. The lowest BCUT2D eigenvalue weighted by molar-refractivity contribution is -0.154. The molecular formula is C21H32N2O6S2. The second kappa shape index (κ2) is 12.3. The van der Waals surface area contributed by atoms with E-state index in [9.17, 15) is 18.0 Å². The molecule has 1 aliphatic rings. The Labute approximate surface area is 189 Å². The molecule has 1 amide bonds. The zero-order valence-corrected chi connectivity index (χ0v) is 20.0. The molecule has 0 radical (unpaired) electrons. The highest BCUT2D eigenvalue weighted by molar-refractivity contribution is 7.98. The largest absolute Gasteiger partial charge is 0.497 e. The Balaban J connectivity index is 1.99. The van der Waals surface area contributed by atoms with Crippen LogP contribution in [-0.2, 0) is 24.3 Å². The molecule has 1 aliphatic carbocycles. The number of carbonyl (C=O) groups excluding carboxylic acids is 2. The third kappa shape index (κ3) is 7.69. The molecule has 1 N–H and O–H groups in total. The number of benzene rings is 1. The normalized spacial score (nSPS) is 15.8. The van der Waals surface area contributed by atoms with Gasteiger partial charge in [0.15, 0.2) is 6.61 Å². The Morgan fingerprint density at radius 3 is 2.42 bits per heavy atom. The molecule has 0 spiro atoms. The van der Waals surface area contributed by atoms with Crippen LogP contribution in [0.15, 0.2) is 29.2 Å². The highest BCUT2D eigenvalue weighted by atomic mass is 32.2. The Morgan fingerprint density at radius 1 is 1.19 bits per heavy atom. The number of esters is 1. The third-order valence-corrected chi connectivity index (χ3v) is 7.55. The lowest BCUT2D eigenvalue weighted by Gasteiger charge is -2.31. The topological polar surface area (TPSA) is 102 Å². The second-order valence-corrected chi connectivity index (χ2v) is 10.2. The number of thioether (sulfide) groups is 1. The van der Waals surface area contributed by atoms with Crippen LogP contribution in [-0.4, -0.2) is 70.1 Å². The maximum absolute atomic E-state index is 12.7. The number of hydrogen-bond donors (Lipinski definition) is 1. The van der Waals surface area contributed by atoms with E-state index >= 15 is 0 Å². The first kappa shape index (κ1) is 25.5. The van der Waals surface area contributed by atoms with Gasteiger partial charge in [0.2, 0.25) is 10.0 Å². The summed E-state index contributed by atoms with van der Waals surface area (Å²) < 4.78 is 38.1. The maximum atomic E-state index is 12.7. The van der Waals surface area contributed by atoms with Crippen molar-refractivity contribution in [2.75, 3.05) is 32.8 Å². The molecule has 0 bridgehead atoms. The van der Waals surface area contributed by atoms with Crippen molar-refractivity contribution >= 4 is 33.7 Å². The van der Waals surface area contributed by atoms with Gasteiger partial charge in [-0.2, -0.15) is 16.5 Å². The van der Waals surface area contributed by atoms with E-state index in [1.165, 1.54) is 49.6 Å². The first-order chi connectivity index (χ1) is 14.8. The molecule has 31 heavy (non-hydrogen) atoms. The molecule has 1 fully saturated rings. The monoisotopic (exact) mass is 472 g/mol. The molecule has 8 nitrogen and oxygen atoms in total. The van der Waals surface area contributed by atoms with Crippen molar-refractivity contribution in [1.82, 2.24) is 9.62 Å². The molecule has 174 valence electrons. The molecule has 10 heteroatoms. The number of amides is 1. The number of hydrogen-bond acceptors (Lipinski definition) is 7. The number of methoxy groups -OCH3 is 1. The third-order valence-electron chi connectivity index (χ3n) is 5.42. The predicted molar refractivity (Wildman–Crippen MR) is 121 cm³/mol. The number of carbonyl (C=O) groups is 2. The van der Waals surface area contributed by atoms with E-state index in [-0.39, 0.29) is 23.3 Å². The fourth-order valence-corrected chi connectivity index (χ4v) is 5.17. The lowest BCUT2D eigenvalue weighted by Crippen LogP contribution is -2.44. The molecule has 0 saturated heterocycles. The lowest BCUT2D eigenvalue weighted by atomic mass is 9.94. The van der Waals surface area contributed by atoms with Crippen LogP contribution in [0.3, 0.4) is 0 Å². The number of nitrogens with one attached hydrogen (secondary N) is 1. The van der Waals surface area contributed by atoms with E-state index in [2.05, 4.69) is 4.72 Å². The van der Waals surface area contributed by atoms with E-state index in [1.54, 1.807) is 11.9 Å². The van der Waals surface area contributed by atoms with Gasteiger partial charge in [-0.05, 0) is 55.5 Å². The molecule has 1 atom stereocenters. The SMILES string of the molecule is COc1ccc(S(=O)(=O)N[C@H](CCSC)C(=O)OCC(=O)N(C)C2CCCCC2)cc1. The summed E-state index contributed by atoms with van der Waals surface area (Å²) in [6, 6.07) is 4.96. The average Bonchev–Trinajstić information content (AvgIpc) is 2.79. The van der Waals surface area contributed by atoms with Crippen molar-refractivity contribution in [3.8, 4) is 5.75 Å². The number of rotatable bonds is 11. The molecule has 1 aromatic carbocycles. The summed E-state index contributed by atoms with van der Waals surface area (Å²) in [5.74, 6) is 0.0529. The van der Waals surface area contributed by atoms with E-state index in [4.69, 9.17) is 9.47 Å². The smallest absolute Gasteiger partial charge is 0.324 e. The molecule has 1 saturated carbocycles. The molecular weight excluding hydrogens is 440 g/mol. The van der Waals surface area contributed by atoms with Gasteiger partial charge in [-0.3, -0.25) is 9.59 Å². The zero-order valence-electron chi connectivity index (χ0n) is 18.3. The molecule has 0 aliphatic heterocycles. The summed E-state index contributed by atoms with van der Waals surface area (Å²) in [5, 5.41) is 0. The summed E-state index contributed by atoms with van der Waals surface area (Å²) in [6.07, 6.45) is 7.38. The van der Waals surface area contributed by atoms with E-state index in [0.717, 1.165) is 25.7 Å². The van der Waals surface area contributed by atoms with Gasteiger partial charge in [-0.25, -0.2) is 8.42 Å². The van der Waals surface area contributed by atoms with Gasteiger partial charge in [0.25, 0.3) is 5.91 Å². The Kier molecular flexibility index (Phi) is 10.1. The minimum atomic E-state index is -3.94. The first-order valence-corrected chi connectivity index (χ1v) is 13.2. The summed E-state index contributed by atoms with van der Waals surface area (Å²) in [6.45, 7) is -0.397. The van der Waals surface area contributed by atoms with Crippen molar-refractivity contribution in [3.63, 3.8) is 0 Å². The summed E-state index contributed by atoms with van der Waals surface area (Å²) in [7, 11) is -0.728. The standard InChI is InChI=1S/C21H32N2O6S2/c1-23(16-7-5-4-6-8-16)20(24)15-29-21(25)19(13-14-30-3)22-31(26,27)18-11-9-17(28-2)10-12-18/h9-12,16,19,22H,4-8,13-15H2,1-3H3/t19-/m1/s1. The van der Waals surface area contributed by atoms with Crippen molar-refractivity contribution in [3.05, 3.63) is 24.3 Å². The maximum Gasteiger partial charge on any atom is 0.324 e. The van der Waals surface area contributed by atoms with E-state index in [0.29, 0.717) is 11.5 Å². The van der Waals surface area contributed by atoms with Gasteiger partial charge in [-0.1, -0.05) is 19.3 Å². The minimum absolute atomic E-state index is 0.0170. The summed E-state index contributed by atoms with van der Waals surface area (Å²) in [5.41, 5.74) is 0. The Bertz CT molecular complexity index is 823. The van der Waals surface area contributed by atoms with Crippen LogP contribution < -0.4 is 9.46 Å². The van der Waals surface area contributed by atoms with Crippen LogP contribution in [0.1, 0.15) is 38.5 Å². The van der Waals surface area contributed by atoms with Crippen LogP contribution in [0.25, 0.3) is 0 Å². The molecule has 2 rings (SSSR count). The van der Waals surface area contributed by atoms with Gasteiger partial charge < -0.3 is 14.4 Å².